The third-order valence-electron chi connectivity index (χ3n) is 3.50. The summed E-state index contributed by atoms with van der Waals surface area (Å²) in [5, 5.41) is 11.2. The van der Waals surface area contributed by atoms with Crippen molar-refractivity contribution in [3.8, 4) is 5.88 Å². The number of aromatic nitrogens is 5. The Morgan fingerprint density at radius 1 is 1.36 bits per heavy atom. The van der Waals surface area contributed by atoms with Crippen molar-refractivity contribution >= 4 is 11.9 Å². The van der Waals surface area contributed by atoms with Gasteiger partial charge in [-0.2, -0.15) is 4.98 Å². The van der Waals surface area contributed by atoms with Crippen molar-refractivity contribution in [3.63, 3.8) is 0 Å². The van der Waals surface area contributed by atoms with E-state index in [0.29, 0.717) is 37.2 Å². The smallest absolute Gasteiger partial charge is 0.291 e. The molecule has 0 fully saturated rings. The second-order valence-corrected chi connectivity index (χ2v) is 4.92. The van der Waals surface area contributed by atoms with Gasteiger partial charge in [0.2, 0.25) is 17.7 Å². The number of methoxy groups -OCH3 is 1. The topological polar surface area (TPSA) is 98.1 Å². The molecule has 0 spiro atoms. The molecule has 2 aromatic heterocycles. The number of likely N-dealkylation sites (N-methyl/N-ethyl adjacent to an activating group) is 1. The third-order valence-corrected chi connectivity index (χ3v) is 3.50. The summed E-state index contributed by atoms with van der Waals surface area (Å²) < 4.78 is 6.92. The number of nitrogens with one attached hydrogen (secondary N) is 1. The lowest BCUT2D eigenvalue weighted by atomic mass is 10.3. The first-order valence-electron chi connectivity index (χ1n) is 6.97. The molecule has 1 aliphatic heterocycles. The number of rotatable bonds is 5. The Kier molecular flexibility index (Phi) is 3.86. The molecule has 1 N–H and O–H groups in total. The molecular formula is C13H17N7O2. The highest BCUT2D eigenvalue weighted by Gasteiger charge is 2.26. The predicted octanol–water partition coefficient (Wildman–Crippen LogP) is -0.183. The van der Waals surface area contributed by atoms with Crippen LogP contribution in [-0.2, 0) is 13.0 Å². The number of ether oxygens (including phenoxy) is 1. The van der Waals surface area contributed by atoms with Gasteiger partial charge >= 0.3 is 0 Å². The summed E-state index contributed by atoms with van der Waals surface area (Å²) >= 11 is 0. The van der Waals surface area contributed by atoms with Gasteiger partial charge in [0.05, 0.1) is 7.11 Å². The second kappa shape index (κ2) is 5.96. The SMILES string of the molecule is COc1ccnc(NCCc2nnc3n2CCN(C)C3=O)n1. The third kappa shape index (κ3) is 2.69. The van der Waals surface area contributed by atoms with E-state index in [-0.39, 0.29) is 5.91 Å². The first-order chi connectivity index (χ1) is 10.7. The van der Waals surface area contributed by atoms with E-state index in [2.05, 4.69) is 25.5 Å². The Hall–Kier alpha value is -2.71. The summed E-state index contributed by atoms with van der Waals surface area (Å²) in [5.74, 6) is 2.10. The Balaban J connectivity index is 1.63. The molecule has 116 valence electrons. The highest BCUT2D eigenvalue weighted by atomic mass is 16.5. The number of carbonyl (C=O) groups is 1. The van der Waals surface area contributed by atoms with Crippen LogP contribution in [0.15, 0.2) is 12.3 Å². The average molecular weight is 303 g/mol. The van der Waals surface area contributed by atoms with E-state index in [9.17, 15) is 4.79 Å². The first kappa shape index (κ1) is 14.2. The largest absolute Gasteiger partial charge is 0.481 e. The van der Waals surface area contributed by atoms with Crippen molar-refractivity contribution < 1.29 is 9.53 Å². The van der Waals surface area contributed by atoms with E-state index in [1.54, 1.807) is 31.3 Å². The van der Waals surface area contributed by atoms with Crippen LogP contribution in [-0.4, -0.2) is 62.8 Å². The Bertz CT molecular complexity index is 685. The number of fused-ring (bicyclic) bond motifs is 1. The average Bonchev–Trinajstić information content (AvgIpc) is 2.95. The molecule has 22 heavy (non-hydrogen) atoms. The molecule has 3 heterocycles. The molecule has 0 bridgehead atoms. The van der Waals surface area contributed by atoms with Crippen LogP contribution in [0.2, 0.25) is 0 Å². The summed E-state index contributed by atoms with van der Waals surface area (Å²) in [6, 6.07) is 1.68. The van der Waals surface area contributed by atoms with Gasteiger partial charge in [0.1, 0.15) is 5.82 Å². The minimum absolute atomic E-state index is 0.0888. The lowest BCUT2D eigenvalue weighted by Crippen LogP contribution is -2.38. The molecule has 0 saturated heterocycles. The van der Waals surface area contributed by atoms with Crippen LogP contribution in [0.4, 0.5) is 5.95 Å². The van der Waals surface area contributed by atoms with Crippen LogP contribution in [0.3, 0.4) is 0 Å². The fourth-order valence-corrected chi connectivity index (χ4v) is 2.26. The maximum atomic E-state index is 11.9. The molecule has 3 rings (SSSR count). The Morgan fingerprint density at radius 2 is 2.23 bits per heavy atom. The fraction of sp³-hybridized carbons (Fsp3) is 0.462. The molecule has 9 heteroatoms. The minimum atomic E-state index is -0.0888. The predicted molar refractivity (Wildman–Crippen MR) is 77.8 cm³/mol. The van der Waals surface area contributed by atoms with Gasteiger partial charge in [-0.25, -0.2) is 4.98 Å². The van der Waals surface area contributed by atoms with Gasteiger partial charge in [0.15, 0.2) is 0 Å². The monoisotopic (exact) mass is 303 g/mol. The van der Waals surface area contributed by atoms with Crippen LogP contribution >= 0.6 is 0 Å². The van der Waals surface area contributed by atoms with E-state index in [1.165, 1.54) is 0 Å². The van der Waals surface area contributed by atoms with Crippen LogP contribution in [0, 0.1) is 0 Å². The second-order valence-electron chi connectivity index (χ2n) is 4.92. The van der Waals surface area contributed by atoms with Crippen molar-refractivity contribution in [2.75, 3.05) is 32.6 Å². The van der Waals surface area contributed by atoms with Gasteiger partial charge in [-0.15, -0.1) is 10.2 Å². The van der Waals surface area contributed by atoms with Crippen LogP contribution in [0.25, 0.3) is 0 Å². The van der Waals surface area contributed by atoms with Gasteiger partial charge in [-0.05, 0) is 0 Å². The minimum Gasteiger partial charge on any atom is -0.481 e. The number of carbonyl (C=O) groups excluding carboxylic acids is 1. The molecule has 9 nitrogen and oxygen atoms in total. The molecule has 2 aromatic rings. The molecule has 0 unspecified atom stereocenters. The number of nitrogens with zero attached hydrogens (tertiary/aromatic N) is 6. The summed E-state index contributed by atoms with van der Waals surface area (Å²) in [7, 11) is 3.32. The van der Waals surface area contributed by atoms with E-state index >= 15 is 0 Å². The van der Waals surface area contributed by atoms with Crippen LogP contribution < -0.4 is 10.1 Å². The first-order valence-corrected chi connectivity index (χ1v) is 6.97. The molecule has 1 aliphatic rings. The number of anilines is 1. The summed E-state index contributed by atoms with van der Waals surface area (Å²) in [4.78, 5) is 21.9. The summed E-state index contributed by atoms with van der Waals surface area (Å²) in [6.07, 6.45) is 2.26. The van der Waals surface area contributed by atoms with Crippen LogP contribution in [0.1, 0.15) is 16.4 Å². The van der Waals surface area contributed by atoms with Crippen molar-refractivity contribution in [1.82, 2.24) is 29.6 Å². The maximum absolute atomic E-state index is 11.9. The highest BCUT2D eigenvalue weighted by molar-refractivity contribution is 5.91. The van der Waals surface area contributed by atoms with E-state index < -0.39 is 0 Å². The number of hydrogen-bond donors (Lipinski definition) is 1. The lowest BCUT2D eigenvalue weighted by Gasteiger charge is -2.23. The zero-order chi connectivity index (χ0) is 15.5. The Labute approximate surface area is 127 Å². The van der Waals surface area contributed by atoms with E-state index in [4.69, 9.17) is 4.74 Å². The van der Waals surface area contributed by atoms with Gasteiger partial charge in [-0.1, -0.05) is 0 Å². The number of hydrogen-bond acceptors (Lipinski definition) is 7. The normalized spacial score (nSPS) is 13.9. The quantitative estimate of drug-likeness (QED) is 0.818. The van der Waals surface area contributed by atoms with Crippen molar-refractivity contribution in [3.05, 3.63) is 23.9 Å². The van der Waals surface area contributed by atoms with Gasteiger partial charge in [0.25, 0.3) is 5.91 Å². The standard InChI is InChI=1S/C13H17N7O2/c1-19-7-8-20-9(17-18-11(20)12(19)21)3-5-14-13-15-6-4-10(16-13)22-2/h4,6H,3,5,7-8H2,1-2H3,(H,14,15,16). The molecule has 0 radical (unpaired) electrons. The Morgan fingerprint density at radius 3 is 3.05 bits per heavy atom. The van der Waals surface area contributed by atoms with Crippen molar-refractivity contribution in [1.29, 1.82) is 0 Å². The molecule has 0 aromatic carbocycles. The molecule has 0 aliphatic carbocycles. The van der Waals surface area contributed by atoms with Crippen molar-refractivity contribution in [2.24, 2.45) is 0 Å². The summed E-state index contributed by atoms with van der Waals surface area (Å²) in [6.45, 7) is 1.98. The van der Waals surface area contributed by atoms with Gasteiger partial charge in [0, 0.05) is 45.4 Å². The highest BCUT2D eigenvalue weighted by Crippen LogP contribution is 2.12. The fourth-order valence-electron chi connectivity index (χ4n) is 2.26. The van der Waals surface area contributed by atoms with Gasteiger partial charge in [-0.3, -0.25) is 4.79 Å². The van der Waals surface area contributed by atoms with Crippen LogP contribution in [0.5, 0.6) is 5.88 Å². The number of amides is 1. The van der Waals surface area contributed by atoms with Gasteiger partial charge < -0.3 is 19.5 Å². The van der Waals surface area contributed by atoms with Crippen molar-refractivity contribution in [2.45, 2.75) is 13.0 Å². The zero-order valence-corrected chi connectivity index (χ0v) is 12.5. The zero-order valence-electron chi connectivity index (χ0n) is 12.5. The van der Waals surface area contributed by atoms with E-state index in [1.807, 2.05) is 4.57 Å². The molecule has 0 saturated carbocycles. The lowest BCUT2D eigenvalue weighted by molar-refractivity contribution is 0.0740. The van der Waals surface area contributed by atoms with E-state index in [0.717, 1.165) is 12.4 Å². The maximum Gasteiger partial charge on any atom is 0.291 e. The molecule has 1 amide bonds. The molecule has 0 atom stereocenters. The summed E-state index contributed by atoms with van der Waals surface area (Å²) in [5.41, 5.74) is 0. The molecular weight excluding hydrogens is 286 g/mol.